The summed E-state index contributed by atoms with van der Waals surface area (Å²) in [6, 6.07) is 6.05. The maximum atomic E-state index is 14.0. The molecule has 3 aromatic rings. The van der Waals surface area contributed by atoms with Crippen LogP contribution in [0.3, 0.4) is 0 Å². The molecule has 1 atom stereocenters. The van der Waals surface area contributed by atoms with Crippen LogP contribution in [0.4, 0.5) is 22.0 Å². The van der Waals surface area contributed by atoms with Crippen molar-refractivity contribution in [3.8, 4) is 11.3 Å². The number of hydrogen-bond donors (Lipinski definition) is 1. The van der Waals surface area contributed by atoms with E-state index in [2.05, 4.69) is 25.8 Å². The predicted molar refractivity (Wildman–Crippen MR) is 115 cm³/mol. The minimum absolute atomic E-state index is 0.0183. The topological polar surface area (TPSA) is 46.9 Å². The van der Waals surface area contributed by atoms with Gasteiger partial charge in [-0.1, -0.05) is 0 Å². The van der Waals surface area contributed by atoms with E-state index < -0.39 is 39.9 Å². The lowest BCUT2D eigenvalue weighted by Gasteiger charge is -2.24. The average molecular weight is 536 g/mol. The molecule has 1 N–H and O–H groups in total. The molecule has 1 unspecified atom stereocenters. The van der Waals surface area contributed by atoms with Crippen LogP contribution in [-0.2, 0) is 29.2 Å². The van der Waals surface area contributed by atoms with E-state index >= 15 is 0 Å². The second-order valence-corrected chi connectivity index (χ2v) is 10.1. The molecule has 1 aromatic heterocycles. The van der Waals surface area contributed by atoms with Crippen molar-refractivity contribution in [2.75, 3.05) is 0 Å². The third-order valence-electron chi connectivity index (χ3n) is 4.53. The second kappa shape index (κ2) is 9.03. The van der Waals surface area contributed by atoms with E-state index in [4.69, 9.17) is 0 Å². The zero-order chi connectivity index (χ0) is 23.8. The zero-order valence-electron chi connectivity index (χ0n) is 17.2. The molecule has 0 amide bonds. The van der Waals surface area contributed by atoms with Crippen LogP contribution in [0.2, 0.25) is 0 Å². The summed E-state index contributed by atoms with van der Waals surface area (Å²) < 4.78 is 83.1. The van der Waals surface area contributed by atoms with Crippen molar-refractivity contribution in [2.24, 2.45) is 0 Å². The summed E-state index contributed by atoms with van der Waals surface area (Å²) in [7, 11) is -1.81. The highest BCUT2D eigenvalue weighted by Gasteiger charge is 2.30. The van der Waals surface area contributed by atoms with Gasteiger partial charge in [0.05, 0.1) is 27.9 Å². The molecule has 0 aliphatic rings. The van der Waals surface area contributed by atoms with Gasteiger partial charge in [-0.3, -0.25) is 4.68 Å². The first-order valence-electron chi connectivity index (χ1n) is 9.34. The lowest BCUT2D eigenvalue weighted by Crippen LogP contribution is -2.25. The van der Waals surface area contributed by atoms with E-state index in [1.54, 1.807) is 4.68 Å². The third kappa shape index (κ3) is 5.26. The van der Waals surface area contributed by atoms with Crippen molar-refractivity contribution in [1.82, 2.24) is 14.5 Å². The Morgan fingerprint density at radius 1 is 1.06 bits per heavy atom. The van der Waals surface area contributed by atoms with Crippen LogP contribution in [0.1, 0.15) is 31.9 Å². The summed E-state index contributed by atoms with van der Waals surface area (Å²) in [5.74, 6) is -2.04. The Morgan fingerprint density at radius 3 is 2.22 bits per heavy atom. The Hall–Kier alpha value is -2.11. The molecule has 0 aliphatic carbocycles. The lowest BCUT2D eigenvalue weighted by atomic mass is 10.0. The van der Waals surface area contributed by atoms with E-state index in [9.17, 15) is 26.2 Å². The number of nitrogens with one attached hydrogen (secondary N) is 1. The lowest BCUT2D eigenvalue weighted by molar-refractivity contribution is -0.137. The Bertz CT molecular complexity index is 1150. The summed E-state index contributed by atoms with van der Waals surface area (Å²) in [5.41, 5.74) is 0.0421. The Labute approximate surface area is 192 Å². The first-order valence-corrected chi connectivity index (χ1v) is 11.3. The number of hydrogen-bond acceptors (Lipinski definition) is 2. The fourth-order valence-electron chi connectivity index (χ4n) is 3.01. The van der Waals surface area contributed by atoms with Crippen LogP contribution in [0.25, 0.3) is 11.3 Å². The van der Waals surface area contributed by atoms with Crippen LogP contribution in [-0.4, -0.2) is 14.0 Å². The van der Waals surface area contributed by atoms with Crippen LogP contribution in [0, 0.1) is 11.6 Å². The van der Waals surface area contributed by atoms with Gasteiger partial charge < -0.3 is 0 Å². The van der Waals surface area contributed by atoms with E-state index in [0.717, 1.165) is 36.4 Å². The van der Waals surface area contributed by atoms with Crippen molar-refractivity contribution in [3.05, 3.63) is 69.8 Å². The number of alkyl halides is 3. The summed E-state index contributed by atoms with van der Waals surface area (Å²) >= 11 is 3.26. The predicted octanol–water partition coefficient (Wildman–Crippen LogP) is 6.18. The van der Waals surface area contributed by atoms with Gasteiger partial charge in [0.25, 0.3) is 0 Å². The molecule has 3 rings (SSSR count). The Morgan fingerprint density at radius 2 is 1.66 bits per heavy atom. The van der Waals surface area contributed by atoms with Crippen LogP contribution >= 0.6 is 15.9 Å². The highest BCUT2D eigenvalue weighted by atomic mass is 79.9. The van der Waals surface area contributed by atoms with Gasteiger partial charge >= 0.3 is 6.18 Å². The smallest absolute Gasteiger partial charge is 0.259 e. The standard InChI is InChI=1S/C21H19BrF5N3OS/c1-20(2,3)30-19(15-8-17(23)18(24)9-16(15)22)12(10-28-30)11-29-32(31)14-6-4-13(5-7-14)21(25,26)27/h4-10,29H,11H2,1-3H3. The first kappa shape index (κ1) is 24.5. The monoisotopic (exact) mass is 535 g/mol. The third-order valence-corrected chi connectivity index (χ3v) is 6.30. The highest BCUT2D eigenvalue weighted by Crippen LogP contribution is 2.35. The SMILES string of the molecule is CC(C)(C)n1ncc(CNS(=O)c2ccc(C(F)(F)F)cc2)c1-c1cc(F)c(F)cc1Br. The molecule has 4 nitrogen and oxygen atoms in total. The largest absolute Gasteiger partial charge is 0.416 e. The zero-order valence-corrected chi connectivity index (χ0v) is 19.6. The van der Waals surface area contributed by atoms with Gasteiger partial charge in [0.1, 0.15) is 11.0 Å². The van der Waals surface area contributed by atoms with E-state index in [1.165, 1.54) is 6.20 Å². The fourth-order valence-corrected chi connectivity index (χ4v) is 4.35. The van der Waals surface area contributed by atoms with E-state index in [1.807, 2.05) is 20.8 Å². The molecule has 0 spiro atoms. The molecular weight excluding hydrogens is 517 g/mol. The Balaban J connectivity index is 1.92. The highest BCUT2D eigenvalue weighted by molar-refractivity contribution is 9.10. The van der Waals surface area contributed by atoms with Gasteiger partial charge in [0.2, 0.25) is 0 Å². The number of rotatable bonds is 5. The van der Waals surface area contributed by atoms with Crippen LogP contribution < -0.4 is 4.72 Å². The Kier molecular flexibility index (Phi) is 6.92. The molecule has 172 valence electrons. The summed E-state index contributed by atoms with van der Waals surface area (Å²) in [4.78, 5) is 0.164. The van der Waals surface area contributed by atoms with Crippen LogP contribution in [0.15, 0.2) is 52.0 Å². The first-order chi connectivity index (χ1) is 14.8. The minimum atomic E-state index is -4.48. The maximum Gasteiger partial charge on any atom is 0.416 e. The quantitative estimate of drug-likeness (QED) is 0.313. The number of halogens is 6. The molecule has 0 radical (unpaired) electrons. The molecule has 0 bridgehead atoms. The van der Waals surface area contributed by atoms with Gasteiger partial charge in [-0.25, -0.2) is 17.7 Å². The minimum Gasteiger partial charge on any atom is -0.259 e. The summed E-state index contributed by atoms with van der Waals surface area (Å²) in [5, 5.41) is 4.36. The van der Waals surface area contributed by atoms with Crippen molar-refractivity contribution in [3.63, 3.8) is 0 Å². The average Bonchev–Trinajstić information content (AvgIpc) is 3.12. The maximum absolute atomic E-state index is 14.0. The van der Waals surface area contributed by atoms with Gasteiger partial charge in [-0.2, -0.15) is 18.3 Å². The van der Waals surface area contributed by atoms with Gasteiger partial charge in [-0.05, 0) is 73.1 Å². The van der Waals surface area contributed by atoms with E-state index in [0.29, 0.717) is 21.3 Å². The van der Waals surface area contributed by atoms with Gasteiger partial charge in [0.15, 0.2) is 11.6 Å². The molecule has 32 heavy (non-hydrogen) atoms. The number of nitrogens with zero attached hydrogens (tertiary/aromatic N) is 2. The normalized spacial score (nSPS) is 13.4. The number of aromatic nitrogens is 2. The molecule has 1 heterocycles. The molecule has 2 aromatic carbocycles. The summed E-state index contributed by atoms with van der Waals surface area (Å²) in [6.07, 6.45) is -2.97. The van der Waals surface area contributed by atoms with Crippen molar-refractivity contribution in [2.45, 2.75) is 43.9 Å². The molecule has 0 aliphatic heterocycles. The van der Waals surface area contributed by atoms with Crippen molar-refractivity contribution >= 4 is 26.9 Å². The molecule has 0 fully saturated rings. The molecule has 0 saturated carbocycles. The van der Waals surface area contributed by atoms with Gasteiger partial charge in [-0.15, -0.1) is 0 Å². The molecule has 0 saturated heterocycles. The van der Waals surface area contributed by atoms with Crippen molar-refractivity contribution in [1.29, 1.82) is 0 Å². The van der Waals surface area contributed by atoms with Crippen molar-refractivity contribution < 1.29 is 26.2 Å². The second-order valence-electron chi connectivity index (χ2n) is 7.96. The molecular formula is C21H19BrF5N3OS. The van der Waals surface area contributed by atoms with Crippen LogP contribution in [0.5, 0.6) is 0 Å². The fraction of sp³-hybridized carbons (Fsp3) is 0.286. The van der Waals surface area contributed by atoms with E-state index in [-0.39, 0.29) is 11.4 Å². The molecule has 11 heteroatoms. The van der Waals surface area contributed by atoms with Gasteiger partial charge in [0, 0.05) is 22.1 Å². The summed E-state index contributed by atoms with van der Waals surface area (Å²) in [6.45, 7) is 5.67. The number of benzene rings is 2.